The van der Waals surface area contributed by atoms with E-state index in [0.29, 0.717) is 12.2 Å². The highest BCUT2D eigenvalue weighted by molar-refractivity contribution is 5.89. The first-order valence-corrected chi connectivity index (χ1v) is 5.67. The van der Waals surface area contributed by atoms with Crippen LogP contribution in [0, 0.1) is 5.82 Å². The van der Waals surface area contributed by atoms with Crippen LogP contribution in [0.2, 0.25) is 0 Å². The van der Waals surface area contributed by atoms with Crippen molar-refractivity contribution in [1.29, 1.82) is 0 Å². The Kier molecular flexibility index (Phi) is 5.42. The standard InChI is InChI=1S/C12H18FN3O/c1-2-3-10(14)8-15-12(17)16-11-6-4-9(13)5-7-11/h4-7,10H,2-3,8,14H2,1H3,(H2,15,16,17). The minimum atomic E-state index is -0.332. The lowest BCUT2D eigenvalue weighted by Crippen LogP contribution is -2.39. The fraction of sp³-hybridized carbons (Fsp3) is 0.417. The summed E-state index contributed by atoms with van der Waals surface area (Å²) in [4.78, 5) is 11.4. The molecular formula is C12H18FN3O. The molecule has 1 unspecified atom stereocenters. The molecule has 1 atom stereocenters. The number of carbonyl (C=O) groups excluding carboxylic acids is 1. The Morgan fingerprint density at radius 3 is 2.65 bits per heavy atom. The van der Waals surface area contributed by atoms with Gasteiger partial charge in [0.2, 0.25) is 0 Å². The van der Waals surface area contributed by atoms with Crippen molar-refractivity contribution in [3.8, 4) is 0 Å². The number of benzene rings is 1. The van der Waals surface area contributed by atoms with Crippen molar-refractivity contribution >= 4 is 11.7 Å². The van der Waals surface area contributed by atoms with Gasteiger partial charge in [-0.25, -0.2) is 9.18 Å². The normalized spacial score (nSPS) is 11.9. The van der Waals surface area contributed by atoms with Gasteiger partial charge in [0, 0.05) is 18.3 Å². The molecule has 1 rings (SSSR count). The van der Waals surface area contributed by atoms with Gasteiger partial charge < -0.3 is 16.4 Å². The molecule has 0 bridgehead atoms. The number of rotatable bonds is 5. The highest BCUT2D eigenvalue weighted by Gasteiger charge is 2.05. The summed E-state index contributed by atoms with van der Waals surface area (Å²) in [5.41, 5.74) is 6.30. The van der Waals surface area contributed by atoms with Crippen LogP contribution in [0.15, 0.2) is 24.3 Å². The molecule has 94 valence electrons. The first-order valence-electron chi connectivity index (χ1n) is 5.67. The summed E-state index contributed by atoms with van der Waals surface area (Å²) >= 11 is 0. The molecule has 17 heavy (non-hydrogen) atoms. The molecule has 4 N–H and O–H groups in total. The largest absolute Gasteiger partial charge is 0.336 e. The third-order valence-corrected chi connectivity index (χ3v) is 2.29. The van der Waals surface area contributed by atoms with E-state index in [4.69, 9.17) is 5.73 Å². The molecule has 0 saturated heterocycles. The van der Waals surface area contributed by atoms with Gasteiger partial charge in [-0.2, -0.15) is 0 Å². The fourth-order valence-corrected chi connectivity index (χ4v) is 1.41. The van der Waals surface area contributed by atoms with Crippen LogP contribution in [-0.2, 0) is 0 Å². The van der Waals surface area contributed by atoms with Crippen molar-refractivity contribution in [1.82, 2.24) is 5.32 Å². The van der Waals surface area contributed by atoms with Crippen LogP contribution in [0.1, 0.15) is 19.8 Å². The molecule has 0 radical (unpaired) electrons. The lowest BCUT2D eigenvalue weighted by atomic mass is 10.2. The highest BCUT2D eigenvalue weighted by atomic mass is 19.1. The Morgan fingerprint density at radius 1 is 1.41 bits per heavy atom. The molecule has 0 aliphatic rings. The zero-order valence-corrected chi connectivity index (χ0v) is 9.87. The summed E-state index contributed by atoms with van der Waals surface area (Å²) in [6.45, 7) is 2.47. The van der Waals surface area contributed by atoms with Crippen molar-refractivity contribution in [2.45, 2.75) is 25.8 Å². The number of nitrogens with two attached hydrogens (primary N) is 1. The molecule has 4 nitrogen and oxygen atoms in total. The zero-order valence-electron chi connectivity index (χ0n) is 9.87. The van der Waals surface area contributed by atoms with E-state index in [0.717, 1.165) is 12.8 Å². The second-order valence-corrected chi connectivity index (χ2v) is 3.89. The molecule has 0 heterocycles. The fourth-order valence-electron chi connectivity index (χ4n) is 1.41. The predicted octanol–water partition coefficient (Wildman–Crippen LogP) is 2.07. The predicted molar refractivity (Wildman–Crippen MR) is 66.3 cm³/mol. The van der Waals surface area contributed by atoms with E-state index in [2.05, 4.69) is 10.6 Å². The van der Waals surface area contributed by atoms with Gasteiger partial charge in [0.25, 0.3) is 0 Å². The Morgan fingerprint density at radius 2 is 2.06 bits per heavy atom. The third kappa shape index (κ3) is 5.31. The van der Waals surface area contributed by atoms with Crippen LogP contribution in [0.25, 0.3) is 0 Å². The summed E-state index contributed by atoms with van der Waals surface area (Å²) in [7, 11) is 0. The first-order chi connectivity index (χ1) is 8.11. The van der Waals surface area contributed by atoms with Crippen molar-refractivity contribution in [3.63, 3.8) is 0 Å². The van der Waals surface area contributed by atoms with E-state index in [9.17, 15) is 9.18 Å². The van der Waals surface area contributed by atoms with E-state index >= 15 is 0 Å². The topological polar surface area (TPSA) is 67.1 Å². The van der Waals surface area contributed by atoms with E-state index in [-0.39, 0.29) is 17.9 Å². The van der Waals surface area contributed by atoms with Crippen molar-refractivity contribution in [2.24, 2.45) is 5.73 Å². The van der Waals surface area contributed by atoms with Gasteiger partial charge in [-0.3, -0.25) is 0 Å². The van der Waals surface area contributed by atoms with Gasteiger partial charge in [0.1, 0.15) is 5.82 Å². The molecule has 0 fully saturated rings. The van der Waals surface area contributed by atoms with Crippen LogP contribution >= 0.6 is 0 Å². The summed E-state index contributed by atoms with van der Waals surface area (Å²) in [5, 5.41) is 5.26. The third-order valence-electron chi connectivity index (χ3n) is 2.29. The van der Waals surface area contributed by atoms with Crippen LogP contribution in [-0.4, -0.2) is 18.6 Å². The Bertz CT molecular complexity index is 353. The Balaban J connectivity index is 2.32. The molecular weight excluding hydrogens is 221 g/mol. The van der Waals surface area contributed by atoms with Crippen molar-refractivity contribution < 1.29 is 9.18 Å². The highest BCUT2D eigenvalue weighted by Crippen LogP contribution is 2.07. The van der Waals surface area contributed by atoms with Crippen molar-refractivity contribution in [2.75, 3.05) is 11.9 Å². The molecule has 1 aromatic carbocycles. The number of urea groups is 1. The molecule has 0 aromatic heterocycles. The average molecular weight is 239 g/mol. The molecule has 5 heteroatoms. The SMILES string of the molecule is CCCC(N)CNC(=O)Nc1ccc(F)cc1. The lowest BCUT2D eigenvalue weighted by molar-refractivity contribution is 0.251. The van der Waals surface area contributed by atoms with Gasteiger partial charge in [0.15, 0.2) is 0 Å². The summed E-state index contributed by atoms with van der Waals surface area (Å²) in [5.74, 6) is -0.332. The van der Waals surface area contributed by atoms with Gasteiger partial charge in [-0.1, -0.05) is 13.3 Å². The zero-order chi connectivity index (χ0) is 12.7. The molecule has 2 amide bonds. The summed E-state index contributed by atoms with van der Waals surface area (Å²) in [6.07, 6.45) is 1.86. The number of hydrogen-bond donors (Lipinski definition) is 3. The average Bonchev–Trinajstić information content (AvgIpc) is 2.30. The number of nitrogens with one attached hydrogen (secondary N) is 2. The lowest BCUT2D eigenvalue weighted by Gasteiger charge is -2.12. The maximum Gasteiger partial charge on any atom is 0.319 e. The molecule has 0 saturated carbocycles. The number of halogens is 1. The number of anilines is 1. The first kappa shape index (κ1) is 13.4. The minimum absolute atomic E-state index is 0.0287. The molecule has 1 aromatic rings. The summed E-state index contributed by atoms with van der Waals surface area (Å²) < 4.78 is 12.6. The van der Waals surface area contributed by atoms with Gasteiger partial charge in [-0.15, -0.1) is 0 Å². The Labute approximate surface area is 100 Å². The number of hydrogen-bond acceptors (Lipinski definition) is 2. The molecule has 0 aliphatic carbocycles. The smallest absolute Gasteiger partial charge is 0.319 e. The molecule has 0 spiro atoms. The van der Waals surface area contributed by atoms with Crippen LogP contribution in [0.4, 0.5) is 14.9 Å². The van der Waals surface area contributed by atoms with Gasteiger partial charge >= 0.3 is 6.03 Å². The second-order valence-electron chi connectivity index (χ2n) is 3.89. The van der Waals surface area contributed by atoms with Crippen LogP contribution < -0.4 is 16.4 Å². The van der Waals surface area contributed by atoms with E-state index in [1.54, 1.807) is 0 Å². The van der Waals surface area contributed by atoms with E-state index in [1.807, 2.05) is 6.92 Å². The van der Waals surface area contributed by atoms with Crippen LogP contribution in [0.5, 0.6) is 0 Å². The summed E-state index contributed by atoms with van der Waals surface area (Å²) in [6, 6.07) is 5.22. The second kappa shape index (κ2) is 6.85. The minimum Gasteiger partial charge on any atom is -0.336 e. The maximum atomic E-state index is 12.6. The monoisotopic (exact) mass is 239 g/mol. The molecule has 0 aliphatic heterocycles. The van der Waals surface area contributed by atoms with Gasteiger partial charge in [-0.05, 0) is 30.7 Å². The Hall–Kier alpha value is -1.62. The van der Waals surface area contributed by atoms with E-state index in [1.165, 1.54) is 24.3 Å². The van der Waals surface area contributed by atoms with Crippen molar-refractivity contribution in [3.05, 3.63) is 30.1 Å². The number of amides is 2. The van der Waals surface area contributed by atoms with Crippen LogP contribution in [0.3, 0.4) is 0 Å². The number of carbonyl (C=O) groups is 1. The maximum absolute atomic E-state index is 12.6. The quantitative estimate of drug-likeness (QED) is 0.736. The van der Waals surface area contributed by atoms with E-state index < -0.39 is 0 Å². The van der Waals surface area contributed by atoms with Gasteiger partial charge in [0.05, 0.1) is 0 Å².